The second-order valence-corrected chi connectivity index (χ2v) is 9.93. The molecule has 3 aromatic carbocycles. The first-order chi connectivity index (χ1) is 19.3. The number of hydrogen-bond donors (Lipinski definition) is 2. The lowest BCUT2D eigenvalue weighted by molar-refractivity contribution is -0.136. The maximum Gasteiger partial charge on any atom is 0.303 e. The molecule has 208 valence electrons. The van der Waals surface area contributed by atoms with E-state index in [2.05, 4.69) is 25.2 Å². The number of amides is 1. The molecule has 0 spiro atoms. The van der Waals surface area contributed by atoms with Crippen LogP contribution in [0.15, 0.2) is 54.6 Å². The molecule has 0 aliphatic carbocycles. The Balaban J connectivity index is 1.61. The summed E-state index contributed by atoms with van der Waals surface area (Å²) in [4.78, 5) is 25.0. The van der Waals surface area contributed by atoms with Gasteiger partial charge in [-0.3, -0.25) is 9.59 Å². The lowest BCUT2D eigenvalue weighted by Crippen LogP contribution is -2.30. The number of aryl methyl sites for hydroxylation is 1. The molecule has 1 aliphatic heterocycles. The van der Waals surface area contributed by atoms with E-state index in [4.69, 9.17) is 24.2 Å². The van der Waals surface area contributed by atoms with E-state index in [0.29, 0.717) is 46.1 Å². The van der Waals surface area contributed by atoms with Crippen LogP contribution in [-0.2, 0) is 17.8 Å². The molecule has 1 atom stereocenters. The lowest BCUT2D eigenvalue weighted by atomic mass is 9.94. The van der Waals surface area contributed by atoms with E-state index in [1.165, 1.54) is 0 Å². The van der Waals surface area contributed by atoms with Crippen LogP contribution in [0, 0.1) is 17.2 Å². The zero-order chi connectivity index (χ0) is 28.6. The first-order valence-electron chi connectivity index (χ1n) is 13.0. The number of carboxylic acids is 1. The van der Waals surface area contributed by atoms with Gasteiger partial charge in [-0.1, -0.05) is 32.0 Å². The number of carbonyl (C=O) groups excluding carboxylic acids is 1. The summed E-state index contributed by atoms with van der Waals surface area (Å²) >= 11 is 0. The Hall–Kier alpha value is -4.71. The first kappa shape index (κ1) is 28.3. The van der Waals surface area contributed by atoms with E-state index < -0.39 is 5.97 Å². The summed E-state index contributed by atoms with van der Waals surface area (Å²) in [7, 11) is 1.55. The topological polar surface area (TPSA) is 127 Å². The Morgan fingerprint density at radius 3 is 2.67 bits per heavy atom. The largest absolute Gasteiger partial charge is 0.493 e. The van der Waals surface area contributed by atoms with Gasteiger partial charge >= 0.3 is 5.97 Å². The van der Waals surface area contributed by atoms with Gasteiger partial charge in [-0.05, 0) is 71.8 Å². The third-order valence-electron chi connectivity index (χ3n) is 6.49. The van der Waals surface area contributed by atoms with Crippen LogP contribution in [0.25, 0.3) is 0 Å². The minimum Gasteiger partial charge on any atom is -0.493 e. The SMILES string of the molecule is COc1cc(C(CC(C)C)NC(=O)c2cc(COc3cccc(C#N)c3)ccc2CCC(=O)O)cc2c1OCO2. The van der Waals surface area contributed by atoms with Crippen LogP contribution < -0.4 is 24.3 Å². The monoisotopic (exact) mass is 544 g/mol. The molecule has 1 amide bonds. The summed E-state index contributed by atoms with van der Waals surface area (Å²) in [5, 5.41) is 21.5. The van der Waals surface area contributed by atoms with Crippen LogP contribution in [-0.4, -0.2) is 30.9 Å². The molecule has 0 saturated carbocycles. The molecule has 9 nitrogen and oxygen atoms in total. The number of methoxy groups -OCH3 is 1. The number of nitriles is 1. The Labute approximate surface area is 233 Å². The predicted octanol–water partition coefficient (Wildman–Crippen LogP) is 5.41. The number of carbonyl (C=O) groups is 2. The van der Waals surface area contributed by atoms with Crippen molar-refractivity contribution in [1.82, 2.24) is 5.32 Å². The molecular weight excluding hydrogens is 512 g/mol. The van der Waals surface area contributed by atoms with Crippen molar-refractivity contribution < 1.29 is 33.6 Å². The minimum atomic E-state index is -0.943. The van der Waals surface area contributed by atoms with E-state index in [1.54, 1.807) is 43.5 Å². The minimum absolute atomic E-state index is 0.0962. The number of carboxylic acid groups (broad SMARTS) is 1. The van der Waals surface area contributed by atoms with Crippen LogP contribution in [0.2, 0.25) is 0 Å². The summed E-state index contributed by atoms with van der Waals surface area (Å²) in [6.07, 6.45) is 0.749. The highest BCUT2D eigenvalue weighted by atomic mass is 16.7. The molecule has 1 unspecified atom stereocenters. The molecule has 0 fully saturated rings. The number of fused-ring (bicyclic) bond motifs is 1. The highest BCUT2D eigenvalue weighted by molar-refractivity contribution is 5.96. The third kappa shape index (κ3) is 7.03. The number of rotatable bonds is 12. The fraction of sp³-hybridized carbons (Fsp3) is 0.323. The van der Waals surface area contributed by atoms with Gasteiger partial charge in [0.15, 0.2) is 11.5 Å². The number of hydrogen-bond acceptors (Lipinski definition) is 7. The molecule has 0 bridgehead atoms. The molecule has 2 N–H and O–H groups in total. The summed E-state index contributed by atoms with van der Waals surface area (Å²) in [6, 6.07) is 17.5. The highest BCUT2D eigenvalue weighted by Gasteiger charge is 2.26. The Morgan fingerprint density at radius 1 is 1.12 bits per heavy atom. The van der Waals surface area contributed by atoms with Crippen LogP contribution in [0.4, 0.5) is 0 Å². The second-order valence-electron chi connectivity index (χ2n) is 9.93. The molecule has 0 saturated heterocycles. The van der Waals surface area contributed by atoms with Gasteiger partial charge in [0.25, 0.3) is 5.91 Å². The Morgan fingerprint density at radius 2 is 1.95 bits per heavy atom. The second kappa shape index (κ2) is 12.9. The molecule has 4 rings (SSSR count). The van der Waals surface area contributed by atoms with Crippen molar-refractivity contribution >= 4 is 11.9 Å². The normalized spacial score (nSPS) is 12.5. The average Bonchev–Trinajstić information content (AvgIpc) is 3.43. The maximum absolute atomic E-state index is 13.8. The number of nitrogens with zero attached hydrogens (tertiary/aromatic N) is 1. The van der Waals surface area contributed by atoms with Crippen molar-refractivity contribution in [2.45, 2.75) is 45.8 Å². The molecule has 0 aromatic heterocycles. The van der Waals surface area contributed by atoms with Crippen LogP contribution >= 0.6 is 0 Å². The van der Waals surface area contributed by atoms with Crippen molar-refractivity contribution in [1.29, 1.82) is 5.26 Å². The van der Waals surface area contributed by atoms with E-state index >= 15 is 0 Å². The number of ether oxygens (including phenoxy) is 4. The zero-order valence-electron chi connectivity index (χ0n) is 22.7. The van der Waals surface area contributed by atoms with Crippen LogP contribution in [0.3, 0.4) is 0 Å². The van der Waals surface area contributed by atoms with E-state index in [1.807, 2.05) is 18.2 Å². The van der Waals surface area contributed by atoms with Gasteiger partial charge in [0.2, 0.25) is 12.5 Å². The van der Waals surface area contributed by atoms with E-state index in [-0.39, 0.29) is 44.1 Å². The van der Waals surface area contributed by atoms with Gasteiger partial charge in [-0.2, -0.15) is 5.26 Å². The van der Waals surface area contributed by atoms with Gasteiger partial charge in [0, 0.05) is 12.0 Å². The summed E-state index contributed by atoms with van der Waals surface area (Å²) in [6.45, 7) is 4.41. The van der Waals surface area contributed by atoms with Gasteiger partial charge in [0.1, 0.15) is 12.4 Å². The summed E-state index contributed by atoms with van der Waals surface area (Å²) in [5.74, 6) is 1.14. The van der Waals surface area contributed by atoms with Gasteiger partial charge in [-0.15, -0.1) is 0 Å². The number of aliphatic carboxylic acids is 1. The molecule has 3 aromatic rings. The van der Waals surface area contributed by atoms with Crippen molar-refractivity contribution in [3.05, 3.63) is 82.4 Å². The van der Waals surface area contributed by atoms with Crippen LogP contribution in [0.1, 0.15) is 65.3 Å². The molecule has 1 aliphatic rings. The smallest absolute Gasteiger partial charge is 0.303 e. The number of benzene rings is 3. The van der Waals surface area contributed by atoms with Crippen molar-refractivity contribution in [3.63, 3.8) is 0 Å². The first-order valence-corrected chi connectivity index (χ1v) is 13.0. The Kier molecular flexibility index (Phi) is 9.12. The summed E-state index contributed by atoms with van der Waals surface area (Å²) in [5.41, 5.74) is 3.04. The molecule has 0 radical (unpaired) electrons. The molecule has 1 heterocycles. The predicted molar refractivity (Wildman–Crippen MR) is 147 cm³/mol. The van der Waals surface area contributed by atoms with E-state index in [9.17, 15) is 14.7 Å². The van der Waals surface area contributed by atoms with Gasteiger partial charge in [0.05, 0.1) is 24.8 Å². The van der Waals surface area contributed by atoms with Crippen LogP contribution in [0.5, 0.6) is 23.0 Å². The molecule has 9 heteroatoms. The summed E-state index contributed by atoms with van der Waals surface area (Å²) < 4.78 is 22.5. The van der Waals surface area contributed by atoms with Gasteiger partial charge in [-0.25, -0.2) is 0 Å². The Bertz CT molecular complexity index is 1430. The highest BCUT2D eigenvalue weighted by Crippen LogP contribution is 2.43. The fourth-order valence-corrected chi connectivity index (χ4v) is 4.54. The van der Waals surface area contributed by atoms with E-state index in [0.717, 1.165) is 11.1 Å². The average molecular weight is 545 g/mol. The van der Waals surface area contributed by atoms with Crippen molar-refractivity contribution in [2.24, 2.45) is 5.92 Å². The molecular formula is C31H32N2O7. The van der Waals surface area contributed by atoms with Gasteiger partial charge < -0.3 is 29.4 Å². The lowest BCUT2D eigenvalue weighted by Gasteiger charge is -2.23. The maximum atomic E-state index is 13.8. The standard InChI is InChI=1S/C31H32N2O7/c1-19(2)11-26(23-14-27(37-3)30-28(15-23)39-18-40-30)33-31(36)25-13-21(7-8-22(25)9-10-29(34)35)17-38-24-6-4-5-20(12-24)16-32/h4-8,12-15,19,26H,9-11,17-18H2,1-3H3,(H,33,36)(H,34,35). The fourth-order valence-electron chi connectivity index (χ4n) is 4.54. The van der Waals surface area contributed by atoms with Crippen molar-refractivity contribution in [2.75, 3.05) is 13.9 Å². The third-order valence-corrected chi connectivity index (χ3v) is 6.49. The van der Waals surface area contributed by atoms with Crippen molar-refractivity contribution in [3.8, 4) is 29.1 Å². The molecule has 40 heavy (non-hydrogen) atoms. The number of nitrogens with one attached hydrogen (secondary N) is 1. The zero-order valence-corrected chi connectivity index (χ0v) is 22.7. The quantitative estimate of drug-likeness (QED) is 0.310.